The summed E-state index contributed by atoms with van der Waals surface area (Å²) in [5, 5.41) is 8.52. The summed E-state index contributed by atoms with van der Waals surface area (Å²) in [4.78, 5) is 0. The number of nitrogens with zero attached hydrogens (tertiary/aromatic N) is 3. The zero-order valence-electron chi connectivity index (χ0n) is 6.00. The topological polar surface area (TPSA) is 30.3 Å². The summed E-state index contributed by atoms with van der Waals surface area (Å²) in [6.07, 6.45) is 0.641. The van der Waals surface area contributed by atoms with Gasteiger partial charge in [-0.25, -0.2) is 6.23 Å². The van der Waals surface area contributed by atoms with E-state index >= 15 is 0 Å². The highest BCUT2D eigenvalue weighted by Gasteiger charge is 2.23. The normalized spacial score (nSPS) is 28.3. The molecular formula is C6H9I2N3. The molecule has 0 radical (unpaired) electrons. The van der Waals surface area contributed by atoms with Gasteiger partial charge in [0.1, 0.15) is 0 Å². The molecule has 0 N–H and O–H groups in total. The first-order valence-corrected chi connectivity index (χ1v) is 5.37. The molecule has 0 aromatic heterocycles. The van der Waals surface area contributed by atoms with E-state index in [1.165, 1.54) is 0 Å². The van der Waals surface area contributed by atoms with Crippen LogP contribution < -0.4 is 0 Å². The highest BCUT2D eigenvalue weighted by atomic mass is 127. The molecule has 1 rings (SSSR count). The summed E-state index contributed by atoms with van der Waals surface area (Å²) in [6.45, 7) is 3.18. The van der Waals surface area contributed by atoms with Gasteiger partial charge in [-0.15, -0.1) is 0 Å². The molecule has 0 aromatic rings. The van der Waals surface area contributed by atoms with Crippen LogP contribution in [0.1, 0.15) is 6.42 Å². The molecule has 1 atom stereocenters. The number of halogens is 2. The molecule has 0 amide bonds. The van der Waals surface area contributed by atoms with Crippen LogP contribution in [0, 0.1) is 11.3 Å². The average Bonchev–Trinajstić information content (AvgIpc) is 1.98. The summed E-state index contributed by atoms with van der Waals surface area (Å²) < 4.78 is 4.48. The van der Waals surface area contributed by atoms with Crippen LogP contribution in [0.25, 0.3) is 0 Å². The fraction of sp³-hybridized carbons (Fsp3) is 0.833. The Morgan fingerprint density at radius 2 is 2.18 bits per heavy atom. The zero-order valence-corrected chi connectivity index (χ0v) is 10.3. The van der Waals surface area contributed by atoms with E-state index in [-0.39, 0.29) is 0 Å². The summed E-state index contributed by atoms with van der Waals surface area (Å²) in [5.41, 5.74) is 0. The van der Waals surface area contributed by atoms with Crippen LogP contribution in [-0.4, -0.2) is 31.9 Å². The maximum absolute atomic E-state index is 8.52. The second-order valence-corrected chi connectivity index (χ2v) is 5.11. The minimum absolute atomic E-state index is 0.422. The zero-order chi connectivity index (χ0) is 8.27. The van der Waals surface area contributed by atoms with Gasteiger partial charge >= 0.3 is 0 Å². The fourth-order valence-electron chi connectivity index (χ4n) is 1.06. The van der Waals surface area contributed by atoms with E-state index in [9.17, 15) is 0 Å². The molecule has 1 fully saturated rings. The van der Waals surface area contributed by atoms with Crippen molar-refractivity contribution < 1.29 is 0 Å². The van der Waals surface area contributed by atoms with E-state index < -0.39 is 0 Å². The molecule has 0 aliphatic carbocycles. The van der Waals surface area contributed by atoms with Gasteiger partial charge in [0.05, 0.1) is 12.5 Å². The molecular weight excluding hydrogens is 368 g/mol. The van der Waals surface area contributed by atoms with Crippen LogP contribution in [0.3, 0.4) is 0 Å². The van der Waals surface area contributed by atoms with Crippen LogP contribution >= 0.6 is 45.7 Å². The van der Waals surface area contributed by atoms with Gasteiger partial charge in [0, 0.05) is 71.4 Å². The van der Waals surface area contributed by atoms with E-state index in [0.717, 1.165) is 19.6 Å². The van der Waals surface area contributed by atoms with Crippen molar-refractivity contribution in [2.24, 2.45) is 0 Å². The van der Waals surface area contributed by atoms with E-state index in [4.69, 9.17) is 5.26 Å². The molecule has 3 nitrogen and oxygen atoms in total. The van der Waals surface area contributed by atoms with E-state index in [2.05, 4.69) is 58.0 Å². The quantitative estimate of drug-likeness (QED) is 0.514. The Kier molecular flexibility index (Phi) is 4.33. The monoisotopic (exact) mass is 377 g/mol. The largest absolute Gasteiger partial charge is 0.245 e. The highest BCUT2D eigenvalue weighted by Crippen LogP contribution is 2.18. The maximum atomic E-state index is 8.52. The van der Waals surface area contributed by atoms with Crippen molar-refractivity contribution in [1.29, 1.82) is 5.26 Å². The van der Waals surface area contributed by atoms with Crippen molar-refractivity contribution >= 4 is 45.7 Å². The van der Waals surface area contributed by atoms with Crippen LogP contribution in [0.15, 0.2) is 0 Å². The number of piperazine rings is 1. The molecule has 5 heteroatoms. The SMILES string of the molecule is N#CCC1CN(I)CCN1I. The summed E-state index contributed by atoms with van der Waals surface area (Å²) in [6, 6.07) is 2.63. The summed E-state index contributed by atoms with van der Waals surface area (Å²) in [5.74, 6) is 0. The smallest absolute Gasteiger partial charge is 0.0639 e. The van der Waals surface area contributed by atoms with Gasteiger partial charge in [-0.1, -0.05) is 0 Å². The van der Waals surface area contributed by atoms with Crippen molar-refractivity contribution in [3.8, 4) is 6.07 Å². The van der Waals surface area contributed by atoms with Gasteiger partial charge in [-0.3, -0.25) is 0 Å². The lowest BCUT2D eigenvalue weighted by Crippen LogP contribution is -2.44. The van der Waals surface area contributed by atoms with E-state index in [0.29, 0.717) is 12.5 Å². The molecule has 62 valence electrons. The van der Waals surface area contributed by atoms with Gasteiger partial charge in [0.2, 0.25) is 0 Å². The Morgan fingerprint density at radius 1 is 1.45 bits per heavy atom. The first-order valence-electron chi connectivity index (χ1n) is 3.44. The van der Waals surface area contributed by atoms with Crippen molar-refractivity contribution in [3.63, 3.8) is 0 Å². The van der Waals surface area contributed by atoms with Gasteiger partial charge in [-0.05, 0) is 0 Å². The Labute approximate surface area is 94.7 Å². The fourth-order valence-corrected chi connectivity index (χ4v) is 2.32. The number of hydrogen-bond acceptors (Lipinski definition) is 3. The predicted molar refractivity (Wildman–Crippen MR) is 60.3 cm³/mol. The molecule has 1 unspecified atom stereocenters. The molecule has 1 saturated heterocycles. The third-order valence-electron chi connectivity index (χ3n) is 1.69. The minimum Gasteiger partial charge on any atom is -0.245 e. The summed E-state index contributed by atoms with van der Waals surface area (Å²) >= 11 is 4.62. The lowest BCUT2D eigenvalue weighted by atomic mass is 10.2. The second-order valence-electron chi connectivity index (χ2n) is 2.51. The van der Waals surface area contributed by atoms with Crippen LogP contribution in [0.5, 0.6) is 0 Å². The second kappa shape index (κ2) is 4.79. The van der Waals surface area contributed by atoms with Crippen molar-refractivity contribution in [2.45, 2.75) is 12.5 Å². The van der Waals surface area contributed by atoms with E-state index in [1.807, 2.05) is 0 Å². The molecule has 1 heterocycles. The molecule has 1 aliphatic heterocycles. The van der Waals surface area contributed by atoms with Gasteiger partial charge in [-0.2, -0.15) is 5.26 Å². The molecule has 0 aromatic carbocycles. The summed E-state index contributed by atoms with van der Waals surface area (Å²) in [7, 11) is 0. The lowest BCUT2D eigenvalue weighted by Gasteiger charge is -2.33. The standard InChI is InChI=1S/C6H9I2N3/c7-10-3-4-11(8)6(5-10)1-2-9/h6H,1,3-5H2. The molecule has 0 spiro atoms. The Balaban J connectivity index is 2.42. The van der Waals surface area contributed by atoms with Gasteiger partial charge in [0.15, 0.2) is 0 Å². The van der Waals surface area contributed by atoms with Crippen LogP contribution in [-0.2, 0) is 0 Å². The number of hydrogen-bond donors (Lipinski definition) is 0. The Morgan fingerprint density at radius 3 is 2.82 bits per heavy atom. The first kappa shape index (κ1) is 9.95. The van der Waals surface area contributed by atoms with Crippen molar-refractivity contribution in [3.05, 3.63) is 0 Å². The number of rotatable bonds is 1. The van der Waals surface area contributed by atoms with Crippen molar-refractivity contribution in [2.75, 3.05) is 19.6 Å². The molecule has 0 bridgehead atoms. The van der Waals surface area contributed by atoms with Gasteiger partial charge in [0.25, 0.3) is 0 Å². The Hall–Kier alpha value is 0.870. The molecule has 11 heavy (non-hydrogen) atoms. The van der Waals surface area contributed by atoms with Crippen LogP contribution in [0.4, 0.5) is 0 Å². The van der Waals surface area contributed by atoms with Crippen molar-refractivity contribution in [1.82, 2.24) is 6.23 Å². The number of nitriles is 1. The van der Waals surface area contributed by atoms with E-state index in [1.54, 1.807) is 0 Å². The average molecular weight is 377 g/mol. The lowest BCUT2D eigenvalue weighted by molar-refractivity contribution is 0.261. The third-order valence-corrected chi connectivity index (χ3v) is 3.83. The molecule has 1 aliphatic rings. The Bertz CT molecular complexity index is 168. The van der Waals surface area contributed by atoms with Gasteiger partial charge < -0.3 is 0 Å². The maximum Gasteiger partial charge on any atom is 0.0639 e. The highest BCUT2D eigenvalue weighted by molar-refractivity contribution is 14.1. The van der Waals surface area contributed by atoms with Crippen LogP contribution in [0.2, 0.25) is 0 Å². The first-order chi connectivity index (χ1) is 5.24. The third kappa shape index (κ3) is 3.01. The molecule has 0 saturated carbocycles. The minimum atomic E-state index is 0.422. The predicted octanol–water partition coefficient (Wildman–Crippen LogP) is 1.59.